The lowest BCUT2D eigenvalue weighted by Gasteiger charge is -2.23. The maximum Gasteiger partial charge on any atom is 0.252 e. The van der Waals surface area contributed by atoms with Crippen LogP contribution < -0.4 is 10.6 Å². The Kier molecular flexibility index (Phi) is 6.46. The Labute approximate surface area is 203 Å². The average Bonchev–Trinajstić information content (AvgIpc) is 3.30. The SMILES string of the molecule is Cc1ccc([C@@H](NC(=O)c2ccc3cnc(NC4CCOCC4)cc3c2)c2ccn(C)n2)cc1F. The topological polar surface area (TPSA) is 81.1 Å². The lowest BCUT2D eigenvalue weighted by atomic mass is 10.0. The summed E-state index contributed by atoms with van der Waals surface area (Å²) in [7, 11) is 1.81. The molecule has 8 heteroatoms. The zero-order chi connectivity index (χ0) is 24.4. The van der Waals surface area contributed by atoms with Crippen molar-refractivity contribution in [1.29, 1.82) is 0 Å². The Morgan fingerprint density at radius 1 is 1.11 bits per heavy atom. The van der Waals surface area contributed by atoms with Crippen molar-refractivity contribution in [1.82, 2.24) is 20.1 Å². The van der Waals surface area contributed by atoms with Crippen LogP contribution in [0.1, 0.15) is 46.1 Å². The standard InChI is InChI=1S/C27H28FN5O2/c1-17-3-4-18(14-23(17)28)26(24-7-10-33(2)32-24)31-27(34)19-5-6-20-16-29-25(15-21(20)13-19)30-22-8-11-35-12-9-22/h3-7,10,13-16,22,26H,8-9,11-12H2,1-2H3,(H,29,30)(H,31,34)/t26-/m1/s1. The van der Waals surface area contributed by atoms with Gasteiger partial charge in [-0.1, -0.05) is 18.2 Å². The van der Waals surface area contributed by atoms with E-state index in [0.29, 0.717) is 28.4 Å². The Bertz CT molecular complexity index is 1360. The maximum absolute atomic E-state index is 14.3. The van der Waals surface area contributed by atoms with Crippen molar-refractivity contribution in [2.24, 2.45) is 7.05 Å². The molecule has 0 radical (unpaired) electrons. The monoisotopic (exact) mass is 473 g/mol. The quantitative estimate of drug-likeness (QED) is 0.430. The van der Waals surface area contributed by atoms with Gasteiger partial charge in [0.25, 0.3) is 5.91 Å². The van der Waals surface area contributed by atoms with Crippen LogP contribution in [0.15, 0.2) is 60.9 Å². The number of benzene rings is 2. The first-order chi connectivity index (χ1) is 17.0. The summed E-state index contributed by atoms with van der Waals surface area (Å²) in [6, 6.07) is 14.0. The fourth-order valence-electron chi connectivity index (χ4n) is 4.33. The molecule has 4 aromatic rings. The second kappa shape index (κ2) is 9.84. The normalized spacial score (nSPS) is 15.2. The minimum Gasteiger partial charge on any atom is -0.381 e. The molecule has 0 unspecified atom stereocenters. The molecule has 0 bridgehead atoms. The van der Waals surface area contributed by atoms with E-state index in [9.17, 15) is 9.18 Å². The summed E-state index contributed by atoms with van der Waals surface area (Å²) in [5, 5.41) is 12.8. The zero-order valence-corrected chi connectivity index (χ0v) is 19.8. The van der Waals surface area contributed by atoms with E-state index >= 15 is 0 Å². The number of hydrogen-bond acceptors (Lipinski definition) is 5. The summed E-state index contributed by atoms with van der Waals surface area (Å²) < 4.78 is 21.4. The third-order valence-corrected chi connectivity index (χ3v) is 6.39. The van der Waals surface area contributed by atoms with Crippen LogP contribution in [0.4, 0.5) is 10.2 Å². The van der Waals surface area contributed by atoms with Crippen molar-refractivity contribution in [3.05, 3.63) is 89.1 Å². The van der Waals surface area contributed by atoms with Crippen molar-refractivity contribution >= 4 is 22.5 Å². The molecular formula is C27H28FN5O2. The number of pyridine rings is 1. The van der Waals surface area contributed by atoms with Crippen LogP contribution in [-0.2, 0) is 11.8 Å². The molecule has 0 aliphatic carbocycles. The number of carbonyl (C=O) groups is 1. The Balaban J connectivity index is 1.41. The van der Waals surface area contributed by atoms with Crippen LogP contribution in [0.3, 0.4) is 0 Å². The first-order valence-corrected chi connectivity index (χ1v) is 11.8. The van der Waals surface area contributed by atoms with Gasteiger partial charge in [-0.3, -0.25) is 9.48 Å². The number of nitrogens with one attached hydrogen (secondary N) is 2. The predicted molar refractivity (Wildman–Crippen MR) is 133 cm³/mol. The van der Waals surface area contributed by atoms with Gasteiger partial charge in [0.05, 0.1) is 11.7 Å². The van der Waals surface area contributed by atoms with E-state index < -0.39 is 6.04 Å². The minimum absolute atomic E-state index is 0.265. The van der Waals surface area contributed by atoms with Gasteiger partial charge in [-0.15, -0.1) is 0 Å². The molecule has 5 rings (SSSR count). The van der Waals surface area contributed by atoms with E-state index in [-0.39, 0.29) is 11.7 Å². The van der Waals surface area contributed by atoms with Gasteiger partial charge < -0.3 is 15.4 Å². The molecule has 1 saturated heterocycles. The number of aromatic nitrogens is 3. The lowest BCUT2D eigenvalue weighted by Crippen LogP contribution is -2.30. The fourth-order valence-corrected chi connectivity index (χ4v) is 4.33. The molecule has 2 aromatic carbocycles. The highest BCUT2D eigenvalue weighted by Gasteiger charge is 2.21. The Morgan fingerprint density at radius 2 is 1.94 bits per heavy atom. The van der Waals surface area contributed by atoms with Crippen LogP contribution in [0.5, 0.6) is 0 Å². The molecule has 2 aromatic heterocycles. The second-order valence-electron chi connectivity index (χ2n) is 8.99. The second-order valence-corrected chi connectivity index (χ2v) is 8.99. The third kappa shape index (κ3) is 5.17. The van der Waals surface area contributed by atoms with Crippen LogP contribution in [0.2, 0.25) is 0 Å². The molecule has 2 N–H and O–H groups in total. The summed E-state index contributed by atoms with van der Waals surface area (Å²) in [5.74, 6) is 0.197. The van der Waals surface area contributed by atoms with E-state index in [1.54, 1.807) is 37.0 Å². The average molecular weight is 474 g/mol. The van der Waals surface area contributed by atoms with Gasteiger partial charge in [-0.2, -0.15) is 5.10 Å². The van der Waals surface area contributed by atoms with Crippen LogP contribution >= 0.6 is 0 Å². The van der Waals surface area contributed by atoms with E-state index in [1.165, 1.54) is 6.07 Å². The summed E-state index contributed by atoms with van der Waals surface area (Å²) in [6.07, 6.45) is 5.49. The number of rotatable bonds is 6. The van der Waals surface area contributed by atoms with Crippen molar-refractivity contribution in [2.75, 3.05) is 18.5 Å². The van der Waals surface area contributed by atoms with Crippen molar-refractivity contribution in [3.8, 4) is 0 Å². The van der Waals surface area contributed by atoms with E-state index in [1.807, 2.05) is 36.5 Å². The minimum atomic E-state index is -0.585. The smallest absolute Gasteiger partial charge is 0.252 e. The van der Waals surface area contributed by atoms with E-state index in [0.717, 1.165) is 42.6 Å². The Morgan fingerprint density at radius 3 is 2.69 bits per heavy atom. The van der Waals surface area contributed by atoms with Crippen molar-refractivity contribution in [2.45, 2.75) is 31.8 Å². The number of hydrogen-bond donors (Lipinski definition) is 2. The fraction of sp³-hybridized carbons (Fsp3) is 0.296. The van der Waals surface area contributed by atoms with Crippen molar-refractivity contribution in [3.63, 3.8) is 0 Å². The number of fused-ring (bicyclic) bond motifs is 1. The summed E-state index contributed by atoms with van der Waals surface area (Å²) in [6.45, 7) is 3.21. The van der Waals surface area contributed by atoms with Crippen molar-refractivity contribution < 1.29 is 13.9 Å². The largest absolute Gasteiger partial charge is 0.381 e. The number of anilines is 1. The number of carbonyl (C=O) groups excluding carboxylic acids is 1. The molecule has 1 atom stereocenters. The number of aryl methyl sites for hydroxylation is 2. The molecular weight excluding hydrogens is 445 g/mol. The van der Waals surface area contributed by atoms with Gasteiger partial charge >= 0.3 is 0 Å². The zero-order valence-electron chi connectivity index (χ0n) is 19.8. The summed E-state index contributed by atoms with van der Waals surface area (Å²) >= 11 is 0. The lowest BCUT2D eigenvalue weighted by molar-refractivity contribution is 0.0903. The number of nitrogens with zero attached hydrogens (tertiary/aromatic N) is 3. The Hall–Kier alpha value is -3.78. The number of halogens is 1. The van der Waals surface area contributed by atoms with Gasteiger partial charge in [0.1, 0.15) is 11.6 Å². The van der Waals surface area contributed by atoms with Gasteiger partial charge in [0.2, 0.25) is 0 Å². The van der Waals surface area contributed by atoms with Gasteiger partial charge in [-0.25, -0.2) is 9.37 Å². The van der Waals surface area contributed by atoms with Crippen LogP contribution in [0.25, 0.3) is 10.8 Å². The van der Waals surface area contributed by atoms with Gasteiger partial charge in [-0.05, 0) is 66.6 Å². The molecule has 180 valence electrons. The maximum atomic E-state index is 14.3. The highest BCUT2D eigenvalue weighted by atomic mass is 19.1. The van der Waals surface area contributed by atoms with Crippen LogP contribution in [-0.4, -0.2) is 39.9 Å². The third-order valence-electron chi connectivity index (χ3n) is 6.39. The molecule has 1 fully saturated rings. The molecule has 1 aliphatic rings. The molecule has 0 saturated carbocycles. The first kappa shape index (κ1) is 23.0. The molecule has 0 spiro atoms. The molecule has 3 heterocycles. The van der Waals surface area contributed by atoms with Crippen LogP contribution in [0, 0.1) is 12.7 Å². The van der Waals surface area contributed by atoms with Gasteiger partial charge in [0.15, 0.2) is 0 Å². The highest BCUT2D eigenvalue weighted by molar-refractivity contribution is 5.99. The van der Waals surface area contributed by atoms with E-state index in [2.05, 4.69) is 20.7 Å². The predicted octanol–water partition coefficient (Wildman–Crippen LogP) is 4.53. The molecule has 1 amide bonds. The summed E-state index contributed by atoms with van der Waals surface area (Å²) in [5.41, 5.74) is 2.33. The number of ether oxygens (including phenoxy) is 1. The molecule has 1 aliphatic heterocycles. The van der Waals surface area contributed by atoms with E-state index in [4.69, 9.17) is 4.74 Å². The summed E-state index contributed by atoms with van der Waals surface area (Å²) in [4.78, 5) is 17.8. The van der Waals surface area contributed by atoms with Gasteiger partial charge in [0, 0.05) is 49.6 Å². The molecule has 35 heavy (non-hydrogen) atoms. The number of amides is 1. The molecule has 7 nitrogen and oxygen atoms in total. The first-order valence-electron chi connectivity index (χ1n) is 11.8. The highest BCUT2D eigenvalue weighted by Crippen LogP contribution is 2.25.